The molecule has 212 valence electrons. The van der Waals surface area contributed by atoms with E-state index in [0.717, 1.165) is 85.5 Å². The van der Waals surface area contributed by atoms with Crippen molar-refractivity contribution in [3.05, 3.63) is 36.4 Å². The zero-order valence-corrected chi connectivity index (χ0v) is 23.5. The SMILES string of the molecule is CC(c1nc2ccccc2[nH]1)C1CCN(Nc2nc(NC3CCC(N)CC3)nc3c2ncn3C2CCCC2)CC1. The Morgan fingerprint density at radius 2 is 1.73 bits per heavy atom. The van der Waals surface area contributed by atoms with Crippen LogP contribution < -0.4 is 16.5 Å². The quantitative estimate of drug-likeness (QED) is 0.247. The molecule has 1 atom stereocenters. The Morgan fingerprint density at radius 1 is 0.950 bits per heavy atom. The van der Waals surface area contributed by atoms with Crippen LogP contribution in [-0.2, 0) is 0 Å². The number of piperidine rings is 1. The van der Waals surface area contributed by atoms with E-state index in [2.05, 4.69) is 50.4 Å². The normalized spacial score (nSPS) is 24.1. The van der Waals surface area contributed by atoms with Crippen molar-refractivity contribution < 1.29 is 0 Å². The number of imidazole rings is 2. The molecule has 1 aromatic carbocycles. The van der Waals surface area contributed by atoms with Crippen LogP contribution in [0.1, 0.15) is 88.9 Å². The number of aromatic amines is 1. The first kappa shape index (κ1) is 25.7. The first-order chi connectivity index (χ1) is 19.6. The molecule has 2 aliphatic carbocycles. The van der Waals surface area contributed by atoms with Crippen LogP contribution in [0.2, 0.25) is 0 Å². The lowest BCUT2D eigenvalue weighted by Crippen LogP contribution is -2.39. The van der Waals surface area contributed by atoms with E-state index in [4.69, 9.17) is 25.7 Å². The van der Waals surface area contributed by atoms with Crippen molar-refractivity contribution in [2.75, 3.05) is 23.8 Å². The van der Waals surface area contributed by atoms with Crippen molar-refractivity contribution in [3.63, 3.8) is 0 Å². The average Bonchev–Trinajstić information content (AvgIpc) is 3.74. The molecule has 3 fully saturated rings. The maximum atomic E-state index is 6.16. The van der Waals surface area contributed by atoms with Crippen molar-refractivity contribution >= 4 is 34.0 Å². The van der Waals surface area contributed by atoms with Gasteiger partial charge in [-0.25, -0.2) is 15.0 Å². The third-order valence-electron chi connectivity index (χ3n) is 9.59. The first-order valence-electron chi connectivity index (χ1n) is 15.3. The van der Waals surface area contributed by atoms with Gasteiger partial charge < -0.3 is 26.0 Å². The lowest BCUT2D eigenvalue weighted by atomic mass is 9.85. The predicted octanol–water partition coefficient (Wildman–Crippen LogP) is 5.34. The largest absolute Gasteiger partial charge is 0.351 e. The summed E-state index contributed by atoms with van der Waals surface area (Å²) in [6, 6.07) is 9.46. The van der Waals surface area contributed by atoms with E-state index in [0.29, 0.717) is 35.9 Å². The van der Waals surface area contributed by atoms with Gasteiger partial charge in [0.2, 0.25) is 5.95 Å². The fraction of sp³-hybridized carbons (Fsp3) is 0.600. The molecular formula is C30H42N10. The lowest BCUT2D eigenvalue weighted by Gasteiger charge is -2.34. The highest BCUT2D eigenvalue weighted by molar-refractivity contribution is 5.84. The van der Waals surface area contributed by atoms with Crippen LogP contribution >= 0.6 is 0 Å². The van der Waals surface area contributed by atoms with Crippen molar-refractivity contribution in [1.82, 2.24) is 34.5 Å². The van der Waals surface area contributed by atoms with Gasteiger partial charge in [0, 0.05) is 37.1 Å². The van der Waals surface area contributed by atoms with Gasteiger partial charge in [0.05, 0.1) is 17.4 Å². The number of nitrogens with two attached hydrogens (primary N) is 1. The Kier molecular flexibility index (Phi) is 7.05. The van der Waals surface area contributed by atoms with Gasteiger partial charge in [-0.2, -0.15) is 9.97 Å². The minimum absolute atomic E-state index is 0.319. The van der Waals surface area contributed by atoms with Gasteiger partial charge in [-0.3, -0.25) is 0 Å². The zero-order valence-electron chi connectivity index (χ0n) is 23.5. The first-order valence-corrected chi connectivity index (χ1v) is 15.3. The topological polar surface area (TPSA) is 126 Å². The summed E-state index contributed by atoms with van der Waals surface area (Å²) < 4.78 is 2.29. The molecule has 3 aliphatic rings. The number of hydrazine groups is 1. The summed E-state index contributed by atoms with van der Waals surface area (Å²) in [5.41, 5.74) is 13.8. The van der Waals surface area contributed by atoms with Crippen molar-refractivity contribution in [1.29, 1.82) is 0 Å². The highest BCUT2D eigenvalue weighted by atomic mass is 15.5. The molecule has 10 heteroatoms. The molecule has 2 saturated carbocycles. The molecule has 4 aromatic rings. The van der Waals surface area contributed by atoms with Gasteiger partial charge in [0.25, 0.3) is 0 Å². The smallest absolute Gasteiger partial charge is 0.227 e. The second-order valence-corrected chi connectivity index (χ2v) is 12.3. The summed E-state index contributed by atoms with van der Waals surface area (Å²) in [5.74, 6) is 3.58. The van der Waals surface area contributed by atoms with Crippen molar-refractivity contribution in [3.8, 4) is 0 Å². The van der Waals surface area contributed by atoms with Crippen LogP contribution in [-0.4, -0.2) is 59.7 Å². The summed E-state index contributed by atoms with van der Waals surface area (Å²) in [6.07, 6.45) is 13.3. The Hall–Kier alpha value is -3.24. The number of aromatic nitrogens is 6. The van der Waals surface area contributed by atoms with Crippen LogP contribution in [0.3, 0.4) is 0 Å². The number of anilines is 2. The molecular weight excluding hydrogens is 500 g/mol. The van der Waals surface area contributed by atoms with Crippen LogP contribution in [0.4, 0.5) is 11.8 Å². The lowest BCUT2D eigenvalue weighted by molar-refractivity contribution is 0.198. The number of fused-ring (bicyclic) bond motifs is 2. The summed E-state index contributed by atoms with van der Waals surface area (Å²) in [7, 11) is 0. The molecule has 0 amide bonds. The summed E-state index contributed by atoms with van der Waals surface area (Å²) in [4.78, 5) is 23.2. The summed E-state index contributed by atoms with van der Waals surface area (Å²) in [5, 5.41) is 5.95. The molecule has 1 saturated heterocycles. The number of hydrogen-bond donors (Lipinski definition) is 4. The van der Waals surface area contributed by atoms with E-state index >= 15 is 0 Å². The third-order valence-corrected chi connectivity index (χ3v) is 9.59. The number of benzene rings is 1. The minimum Gasteiger partial charge on any atom is -0.351 e. The van der Waals surface area contributed by atoms with Crippen LogP contribution in [0.25, 0.3) is 22.2 Å². The second-order valence-electron chi connectivity index (χ2n) is 12.3. The third kappa shape index (κ3) is 5.14. The summed E-state index contributed by atoms with van der Waals surface area (Å²) >= 11 is 0. The number of hydrogen-bond acceptors (Lipinski definition) is 8. The van der Waals surface area contributed by atoms with E-state index < -0.39 is 0 Å². The number of rotatable bonds is 7. The molecule has 4 heterocycles. The zero-order chi connectivity index (χ0) is 27.1. The molecule has 1 unspecified atom stereocenters. The fourth-order valence-electron chi connectivity index (χ4n) is 7.03. The van der Waals surface area contributed by atoms with Gasteiger partial charge in [-0.1, -0.05) is 31.9 Å². The van der Waals surface area contributed by atoms with E-state index in [-0.39, 0.29) is 0 Å². The molecule has 10 nitrogen and oxygen atoms in total. The molecule has 0 bridgehead atoms. The van der Waals surface area contributed by atoms with Gasteiger partial charge in [0.1, 0.15) is 5.82 Å². The van der Waals surface area contributed by atoms with Crippen LogP contribution in [0.15, 0.2) is 30.6 Å². The standard InChI is InChI=1S/C30H42N10/c1-19(27-34-24-8-4-5-9-25(24)35-27)20-14-16-39(17-15-20)38-28-26-29(40(18-32-26)23-6-2-3-7-23)37-30(36-28)33-22-12-10-21(31)11-13-22/h4-5,8-9,18-23H,2-3,6-7,10-17,31H2,1H3,(H,34,35)(H2,33,36,37,38). The van der Waals surface area contributed by atoms with E-state index in [1.165, 1.54) is 25.7 Å². The van der Waals surface area contributed by atoms with Gasteiger partial charge in [-0.15, -0.1) is 0 Å². The maximum Gasteiger partial charge on any atom is 0.227 e. The predicted molar refractivity (Wildman–Crippen MR) is 159 cm³/mol. The molecule has 0 spiro atoms. The Bertz CT molecular complexity index is 1400. The van der Waals surface area contributed by atoms with Crippen LogP contribution in [0.5, 0.6) is 0 Å². The fourth-order valence-corrected chi connectivity index (χ4v) is 7.03. The molecule has 40 heavy (non-hydrogen) atoms. The maximum absolute atomic E-state index is 6.16. The highest BCUT2D eigenvalue weighted by Crippen LogP contribution is 2.35. The molecule has 3 aromatic heterocycles. The second kappa shape index (κ2) is 11.0. The summed E-state index contributed by atoms with van der Waals surface area (Å²) in [6.45, 7) is 4.21. The molecule has 7 rings (SSSR count). The Morgan fingerprint density at radius 3 is 2.50 bits per heavy atom. The highest BCUT2D eigenvalue weighted by Gasteiger charge is 2.29. The molecule has 1 aliphatic heterocycles. The average molecular weight is 543 g/mol. The molecule has 5 N–H and O–H groups in total. The monoisotopic (exact) mass is 542 g/mol. The van der Waals surface area contributed by atoms with E-state index in [1.807, 2.05) is 12.4 Å². The van der Waals surface area contributed by atoms with Gasteiger partial charge in [-0.05, 0) is 69.4 Å². The number of nitrogens with one attached hydrogen (secondary N) is 3. The van der Waals surface area contributed by atoms with E-state index in [1.54, 1.807) is 0 Å². The Labute approximate surface area is 235 Å². The Balaban J connectivity index is 1.08. The van der Waals surface area contributed by atoms with Gasteiger partial charge >= 0.3 is 0 Å². The van der Waals surface area contributed by atoms with Gasteiger partial charge in [0.15, 0.2) is 17.0 Å². The number of para-hydroxylation sites is 2. The van der Waals surface area contributed by atoms with Crippen LogP contribution in [0, 0.1) is 5.92 Å². The molecule has 0 radical (unpaired) electrons. The minimum atomic E-state index is 0.319. The van der Waals surface area contributed by atoms with Crippen molar-refractivity contribution in [2.24, 2.45) is 11.7 Å². The number of nitrogens with zero attached hydrogens (tertiary/aromatic N) is 6. The number of H-pyrrole nitrogens is 1. The van der Waals surface area contributed by atoms with Crippen molar-refractivity contribution in [2.45, 2.75) is 95.2 Å². The van der Waals surface area contributed by atoms with E-state index in [9.17, 15) is 0 Å².